The van der Waals surface area contributed by atoms with Crippen LogP contribution in [0.5, 0.6) is 0 Å². The van der Waals surface area contributed by atoms with Gasteiger partial charge in [0.25, 0.3) is 0 Å². The number of hydrogen-bond donors (Lipinski definition) is 0. The average molecular weight is 257 g/mol. The number of imide groups is 1. The minimum Gasteiger partial charge on any atom is -0.303 e. The van der Waals surface area contributed by atoms with E-state index in [1.54, 1.807) is 0 Å². The Morgan fingerprint density at radius 2 is 2.24 bits per heavy atom. The number of carbonyl (C=O) groups is 4. The van der Waals surface area contributed by atoms with E-state index in [0.29, 0.717) is 12.2 Å². The van der Waals surface area contributed by atoms with E-state index in [-0.39, 0.29) is 42.2 Å². The first kappa shape index (κ1) is 13.9. The average Bonchev–Trinajstić information content (AvgIpc) is 2.52. The van der Waals surface area contributed by atoms with Crippen molar-refractivity contribution >= 4 is 35.6 Å². The smallest absolute Gasteiger partial charge is 0.242 e. The Bertz CT molecular complexity index is 342. The molecule has 17 heavy (non-hydrogen) atoms. The van der Waals surface area contributed by atoms with Crippen LogP contribution in [0.1, 0.15) is 26.2 Å². The van der Waals surface area contributed by atoms with Gasteiger partial charge in [-0.25, -0.2) is 0 Å². The topological polar surface area (TPSA) is 71.5 Å². The Balaban J connectivity index is 2.46. The summed E-state index contributed by atoms with van der Waals surface area (Å²) in [6.45, 7) is 1.61. The number of thioether (sulfide) groups is 1. The minimum atomic E-state index is -0.380. The quantitative estimate of drug-likeness (QED) is 0.375. The summed E-state index contributed by atoms with van der Waals surface area (Å²) < 4.78 is 0. The number of amides is 2. The Hall–Kier alpha value is -1.17. The lowest BCUT2D eigenvalue weighted by molar-refractivity contribution is -0.138. The summed E-state index contributed by atoms with van der Waals surface area (Å²) in [5.74, 6) is 0.0583. The maximum atomic E-state index is 11.8. The third kappa shape index (κ3) is 3.96. The van der Waals surface area contributed by atoms with E-state index in [1.807, 2.05) is 0 Å². The van der Waals surface area contributed by atoms with Gasteiger partial charge in [-0.1, -0.05) is 0 Å². The lowest BCUT2D eigenvalue weighted by Crippen LogP contribution is -2.33. The highest BCUT2D eigenvalue weighted by atomic mass is 32.2. The number of hydrogen-bond acceptors (Lipinski definition) is 5. The van der Waals surface area contributed by atoms with Crippen LogP contribution in [0.25, 0.3) is 0 Å². The number of rotatable bonds is 7. The highest BCUT2D eigenvalue weighted by molar-refractivity contribution is 8.00. The molecule has 1 heterocycles. The molecule has 94 valence electrons. The van der Waals surface area contributed by atoms with Gasteiger partial charge in [-0.05, 0) is 6.92 Å². The molecule has 1 unspecified atom stereocenters. The van der Waals surface area contributed by atoms with Crippen molar-refractivity contribution in [2.75, 3.05) is 12.3 Å². The fourth-order valence-corrected chi connectivity index (χ4v) is 2.59. The molecule has 5 nitrogen and oxygen atoms in total. The Kier molecular flexibility index (Phi) is 5.34. The molecule has 1 aliphatic heterocycles. The van der Waals surface area contributed by atoms with Crippen LogP contribution in [0, 0.1) is 0 Å². The van der Waals surface area contributed by atoms with E-state index in [1.165, 1.54) is 18.7 Å². The first-order valence-corrected chi connectivity index (χ1v) is 6.50. The number of carbonyl (C=O) groups excluding carboxylic acids is 4. The lowest BCUT2D eigenvalue weighted by atomic mass is 10.3. The zero-order valence-corrected chi connectivity index (χ0v) is 10.5. The maximum Gasteiger partial charge on any atom is 0.242 e. The molecule has 1 saturated heterocycles. The zero-order chi connectivity index (χ0) is 12.8. The summed E-state index contributed by atoms with van der Waals surface area (Å²) in [4.78, 5) is 45.5. The van der Waals surface area contributed by atoms with Crippen molar-refractivity contribution in [1.82, 2.24) is 4.90 Å². The first-order valence-electron chi connectivity index (χ1n) is 5.45. The second kappa shape index (κ2) is 6.54. The molecule has 0 aromatic heterocycles. The first-order chi connectivity index (χ1) is 8.06. The van der Waals surface area contributed by atoms with Crippen LogP contribution < -0.4 is 0 Å². The molecular formula is C11H15NO4S. The maximum absolute atomic E-state index is 11.8. The van der Waals surface area contributed by atoms with E-state index < -0.39 is 0 Å². The summed E-state index contributed by atoms with van der Waals surface area (Å²) >= 11 is 1.33. The summed E-state index contributed by atoms with van der Waals surface area (Å²) in [7, 11) is 0. The van der Waals surface area contributed by atoms with Crippen molar-refractivity contribution in [1.29, 1.82) is 0 Å². The molecule has 2 amide bonds. The number of nitrogens with zero attached hydrogens (tertiary/aromatic N) is 1. The largest absolute Gasteiger partial charge is 0.303 e. The molecule has 0 spiro atoms. The van der Waals surface area contributed by atoms with Gasteiger partial charge in [0.1, 0.15) is 12.1 Å². The molecular weight excluding hydrogens is 242 g/mol. The fraction of sp³-hybridized carbons (Fsp3) is 0.636. The summed E-state index contributed by atoms with van der Waals surface area (Å²) in [5.41, 5.74) is 0. The van der Waals surface area contributed by atoms with E-state index in [4.69, 9.17) is 0 Å². The van der Waals surface area contributed by atoms with Gasteiger partial charge < -0.3 is 4.79 Å². The Morgan fingerprint density at radius 1 is 1.53 bits per heavy atom. The Labute approximate surface area is 104 Å². The van der Waals surface area contributed by atoms with E-state index in [2.05, 4.69) is 0 Å². The third-order valence-corrected chi connectivity index (χ3v) is 3.69. The predicted molar refractivity (Wildman–Crippen MR) is 63.6 cm³/mol. The summed E-state index contributed by atoms with van der Waals surface area (Å²) in [6, 6.07) is 0. The van der Waals surface area contributed by atoms with E-state index in [9.17, 15) is 19.2 Å². The van der Waals surface area contributed by atoms with Crippen LogP contribution in [0.2, 0.25) is 0 Å². The molecule has 1 fully saturated rings. The van der Waals surface area contributed by atoms with Gasteiger partial charge in [-0.2, -0.15) is 0 Å². The van der Waals surface area contributed by atoms with Crippen LogP contribution in [-0.4, -0.2) is 46.3 Å². The van der Waals surface area contributed by atoms with Gasteiger partial charge in [0.15, 0.2) is 0 Å². The molecule has 0 aromatic rings. The molecule has 6 heteroatoms. The van der Waals surface area contributed by atoms with E-state index >= 15 is 0 Å². The number of aldehydes is 1. The van der Waals surface area contributed by atoms with Crippen LogP contribution >= 0.6 is 11.8 Å². The molecule has 1 aliphatic rings. The number of Topliss-reactive ketones (excluding diaryl/α,β-unsaturated/α-hetero) is 1. The van der Waals surface area contributed by atoms with Crippen molar-refractivity contribution in [2.24, 2.45) is 0 Å². The van der Waals surface area contributed by atoms with Gasteiger partial charge in [0.2, 0.25) is 11.8 Å². The second-order valence-corrected chi connectivity index (χ2v) is 5.17. The predicted octanol–water partition coefficient (Wildman–Crippen LogP) is 0.415. The van der Waals surface area contributed by atoms with Gasteiger partial charge in [-0.15, -0.1) is 11.8 Å². The fourth-order valence-electron chi connectivity index (χ4n) is 1.55. The van der Waals surface area contributed by atoms with Crippen molar-refractivity contribution in [3.63, 3.8) is 0 Å². The Morgan fingerprint density at radius 3 is 2.82 bits per heavy atom. The summed E-state index contributed by atoms with van der Waals surface area (Å²) in [6.07, 6.45) is 1.57. The monoisotopic (exact) mass is 257 g/mol. The lowest BCUT2D eigenvalue weighted by Gasteiger charge is -2.13. The van der Waals surface area contributed by atoms with Gasteiger partial charge in [-0.3, -0.25) is 19.3 Å². The van der Waals surface area contributed by atoms with Crippen molar-refractivity contribution in [2.45, 2.75) is 31.4 Å². The molecule has 0 bridgehead atoms. The highest BCUT2D eigenvalue weighted by Crippen LogP contribution is 2.25. The second-order valence-electron chi connectivity index (χ2n) is 3.85. The van der Waals surface area contributed by atoms with Crippen molar-refractivity contribution in [3.8, 4) is 0 Å². The molecule has 1 rings (SSSR count). The standard InChI is InChI=1S/C11H15NO4S/c1-8(14)3-4-12-10(15)7-9(11(12)16)17-6-2-5-13/h5,9H,2-4,6-7H2,1H3. The molecule has 0 saturated carbocycles. The van der Waals surface area contributed by atoms with Crippen LogP contribution in [0.3, 0.4) is 0 Å². The molecule has 0 aliphatic carbocycles. The van der Waals surface area contributed by atoms with Gasteiger partial charge >= 0.3 is 0 Å². The highest BCUT2D eigenvalue weighted by Gasteiger charge is 2.38. The number of ketones is 1. The summed E-state index contributed by atoms with van der Waals surface area (Å²) in [5, 5.41) is -0.380. The van der Waals surface area contributed by atoms with Gasteiger partial charge in [0, 0.05) is 31.6 Å². The molecule has 0 aromatic carbocycles. The van der Waals surface area contributed by atoms with Crippen molar-refractivity contribution in [3.05, 3.63) is 0 Å². The molecule has 1 atom stereocenters. The zero-order valence-electron chi connectivity index (χ0n) is 9.68. The molecule has 0 N–H and O–H groups in total. The van der Waals surface area contributed by atoms with Gasteiger partial charge in [0.05, 0.1) is 5.25 Å². The van der Waals surface area contributed by atoms with E-state index in [0.717, 1.165) is 11.2 Å². The molecule has 0 radical (unpaired) electrons. The normalized spacial score (nSPS) is 19.8. The SMILES string of the molecule is CC(=O)CCN1C(=O)CC(SCCC=O)C1=O. The minimum absolute atomic E-state index is 0.0392. The van der Waals surface area contributed by atoms with Crippen LogP contribution in [0.4, 0.5) is 0 Å². The van der Waals surface area contributed by atoms with Crippen LogP contribution in [0.15, 0.2) is 0 Å². The van der Waals surface area contributed by atoms with Crippen molar-refractivity contribution < 1.29 is 19.2 Å². The van der Waals surface area contributed by atoms with Crippen LogP contribution in [-0.2, 0) is 19.2 Å². The third-order valence-electron chi connectivity index (χ3n) is 2.44. The number of likely N-dealkylation sites (tertiary alicyclic amines) is 1.